The molecule has 1 fully saturated rings. The fourth-order valence-electron chi connectivity index (χ4n) is 3.29. The quantitative estimate of drug-likeness (QED) is 0.845. The highest BCUT2D eigenvalue weighted by molar-refractivity contribution is 5.88. The second-order valence-corrected chi connectivity index (χ2v) is 7.49. The molecule has 0 aliphatic heterocycles. The molecule has 6 heteroatoms. The Morgan fingerprint density at radius 3 is 2.32 bits per heavy atom. The van der Waals surface area contributed by atoms with Crippen molar-refractivity contribution >= 4 is 17.7 Å². The van der Waals surface area contributed by atoms with Crippen LogP contribution in [0.25, 0.3) is 0 Å². The standard InChI is InChI=1S/C19H27NO5/c1-18(2,3)25-17(23)20-14-9-8-13(12-15(14)24-4)19(16(21)22)10-6-5-7-11-19/h8-9,12H,5-7,10-11H2,1-4H3,(H,20,23)(H,21,22). The number of anilines is 1. The minimum Gasteiger partial charge on any atom is -0.495 e. The summed E-state index contributed by atoms with van der Waals surface area (Å²) in [6.07, 6.45) is 3.50. The summed E-state index contributed by atoms with van der Waals surface area (Å²) < 4.78 is 10.6. The van der Waals surface area contributed by atoms with Crippen LogP contribution in [0.2, 0.25) is 0 Å². The number of amides is 1. The Labute approximate surface area is 148 Å². The normalized spacial score (nSPS) is 16.8. The van der Waals surface area contributed by atoms with Gasteiger partial charge in [-0.15, -0.1) is 0 Å². The minimum atomic E-state index is -0.879. The van der Waals surface area contributed by atoms with Crippen molar-refractivity contribution in [2.45, 2.75) is 63.9 Å². The van der Waals surface area contributed by atoms with Crippen molar-refractivity contribution in [2.75, 3.05) is 12.4 Å². The fraction of sp³-hybridized carbons (Fsp3) is 0.579. The number of hydrogen-bond acceptors (Lipinski definition) is 4. The number of nitrogens with one attached hydrogen (secondary N) is 1. The molecule has 0 atom stereocenters. The van der Waals surface area contributed by atoms with E-state index in [1.54, 1.807) is 39.0 Å². The second kappa shape index (κ2) is 7.33. The van der Waals surface area contributed by atoms with E-state index in [2.05, 4.69) is 5.32 Å². The van der Waals surface area contributed by atoms with Gasteiger partial charge in [0.15, 0.2) is 0 Å². The van der Waals surface area contributed by atoms with E-state index in [1.807, 2.05) is 0 Å². The lowest BCUT2D eigenvalue weighted by atomic mass is 9.69. The van der Waals surface area contributed by atoms with Crippen LogP contribution in [0.4, 0.5) is 10.5 Å². The first-order valence-corrected chi connectivity index (χ1v) is 8.60. The monoisotopic (exact) mass is 349 g/mol. The van der Waals surface area contributed by atoms with Gasteiger partial charge in [0, 0.05) is 0 Å². The average Bonchev–Trinajstić information content (AvgIpc) is 2.53. The molecule has 0 spiro atoms. The maximum Gasteiger partial charge on any atom is 0.412 e. The zero-order chi connectivity index (χ0) is 18.7. The molecule has 1 aliphatic carbocycles. The Morgan fingerprint density at radius 2 is 1.80 bits per heavy atom. The van der Waals surface area contributed by atoms with Crippen LogP contribution in [-0.2, 0) is 14.9 Å². The first kappa shape index (κ1) is 19.1. The van der Waals surface area contributed by atoms with Gasteiger partial charge in [0.05, 0.1) is 18.2 Å². The van der Waals surface area contributed by atoms with Crippen LogP contribution < -0.4 is 10.1 Å². The molecule has 1 aliphatic rings. The molecule has 0 aromatic heterocycles. The van der Waals surface area contributed by atoms with E-state index < -0.39 is 23.1 Å². The number of carboxylic acid groups (broad SMARTS) is 1. The van der Waals surface area contributed by atoms with Crippen LogP contribution in [0.5, 0.6) is 5.75 Å². The predicted octanol–water partition coefficient (Wildman–Crippen LogP) is 4.33. The van der Waals surface area contributed by atoms with E-state index in [1.165, 1.54) is 7.11 Å². The lowest BCUT2D eigenvalue weighted by Crippen LogP contribution is -2.37. The van der Waals surface area contributed by atoms with E-state index >= 15 is 0 Å². The Balaban J connectivity index is 2.29. The smallest absolute Gasteiger partial charge is 0.412 e. The van der Waals surface area contributed by atoms with Crippen LogP contribution in [0.15, 0.2) is 18.2 Å². The number of benzene rings is 1. The van der Waals surface area contributed by atoms with Crippen LogP contribution in [0, 0.1) is 0 Å². The molecule has 25 heavy (non-hydrogen) atoms. The fourth-order valence-corrected chi connectivity index (χ4v) is 3.29. The van der Waals surface area contributed by atoms with Gasteiger partial charge in [-0.2, -0.15) is 0 Å². The molecular formula is C19H27NO5. The molecule has 0 heterocycles. The van der Waals surface area contributed by atoms with Crippen LogP contribution >= 0.6 is 0 Å². The zero-order valence-corrected chi connectivity index (χ0v) is 15.3. The molecule has 1 aromatic carbocycles. The number of ether oxygens (including phenoxy) is 2. The third kappa shape index (κ3) is 4.44. The van der Waals surface area contributed by atoms with Crippen molar-refractivity contribution in [3.05, 3.63) is 23.8 Å². The first-order valence-electron chi connectivity index (χ1n) is 8.60. The summed E-state index contributed by atoms with van der Waals surface area (Å²) in [6, 6.07) is 5.15. The molecule has 138 valence electrons. The summed E-state index contributed by atoms with van der Waals surface area (Å²) in [5.74, 6) is -0.378. The van der Waals surface area contributed by atoms with Crippen molar-refractivity contribution < 1.29 is 24.2 Å². The van der Waals surface area contributed by atoms with E-state index in [9.17, 15) is 14.7 Å². The van der Waals surface area contributed by atoms with Gasteiger partial charge in [0.1, 0.15) is 11.4 Å². The van der Waals surface area contributed by atoms with Crippen molar-refractivity contribution in [2.24, 2.45) is 0 Å². The second-order valence-electron chi connectivity index (χ2n) is 7.49. The van der Waals surface area contributed by atoms with E-state index in [4.69, 9.17) is 9.47 Å². The average molecular weight is 349 g/mol. The van der Waals surface area contributed by atoms with E-state index in [0.717, 1.165) is 19.3 Å². The highest BCUT2D eigenvalue weighted by Crippen LogP contribution is 2.42. The number of rotatable bonds is 4. The van der Waals surface area contributed by atoms with Gasteiger partial charge in [-0.1, -0.05) is 25.3 Å². The van der Waals surface area contributed by atoms with Gasteiger partial charge < -0.3 is 14.6 Å². The molecule has 0 bridgehead atoms. The van der Waals surface area contributed by atoms with Gasteiger partial charge in [-0.05, 0) is 51.3 Å². The predicted molar refractivity (Wildman–Crippen MR) is 95.2 cm³/mol. The Morgan fingerprint density at radius 1 is 1.16 bits per heavy atom. The molecule has 2 N–H and O–H groups in total. The largest absolute Gasteiger partial charge is 0.495 e. The van der Waals surface area contributed by atoms with E-state index in [-0.39, 0.29) is 0 Å². The van der Waals surface area contributed by atoms with Crippen LogP contribution in [-0.4, -0.2) is 29.9 Å². The minimum absolute atomic E-state index is 0.426. The molecule has 1 saturated carbocycles. The van der Waals surface area contributed by atoms with Crippen molar-refractivity contribution in [3.63, 3.8) is 0 Å². The summed E-state index contributed by atoms with van der Waals surface area (Å²) >= 11 is 0. The molecule has 0 radical (unpaired) electrons. The zero-order valence-electron chi connectivity index (χ0n) is 15.3. The van der Waals surface area contributed by atoms with Crippen LogP contribution in [0.1, 0.15) is 58.4 Å². The molecule has 1 amide bonds. The maximum atomic E-state index is 12.0. The summed E-state index contributed by atoms with van der Waals surface area (Å²) in [5.41, 5.74) is -0.314. The topological polar surface area (TPSA) is 84.9 Å². The Hall–Kier alpha value is -2.24. The van der Waals surface area contributed by atoms with E-state index in [0.29, 0.717) is 29.8 Å². The molecule has 0 saturated heterocycles. The number of methoxy groups -OCH3 is 1. The first-order chi connectivity index (χ1) is 11.7. The van der Waals surface area contributed by atoms with Gasteiger partial charge in [-0.25, -0.2) is 4.79 Å². The maximum absolute atomic E-state index is 12.0. The Kier molecular flexibility index (Phi) is 5.60. The SMILES string of the molecule is COc1cc(C2(C(=O)O)CCCCC2)ccc1NC(=O)OC(C)(C)C. The summed E-state index contributed by atoms with van der Waals surface area (Å²) in [6.45, 7) is 5.35. The van der Waals surface area contributed by atoms with Gasteiger partial charge in [0.2, 0.25) is 0 Å². The Bertz CT molecular complexity index is 642. The summed E-state index contributed by atoms with van der Waals surface area (Å²) in [5, 5.41) is 12.5. The summed E-state index contributed by atoms with van der Waals surface area (Å²) in [4.78, 5) is 23.9. The lowest BCUT2D eigenvalue weighted by Gasteiger charge is -2.34. The highest BCUT2D eigenvalue weighted by Gasteiger charge is 2.41. The number of carboxylic acids is 1. The van der Waals surface area contributed by atoms with Crippen molar-refractivity contribution in [3.8, 4) is 5.75 Å². The van der Waals surface area contributed by atoms with Gasteiger partial charge >= 0.3 is 12.1 Å². The van der Waals surface area contributed by atoms with Crippen LogP contribution in [0.3, 0.4) is 0 Å². The van der Waals surface area contributed by atoms with Gasteiger partial charge in [-0.3, -0.25) is 10.1 Å². The van der Waals surface area contributed by atoms with Gasteiger partial charge in [0.25, 0.3) is 0 Å². The molecule has 2 rings (SSSR count). The third-order valence-electron chi connectivity index (χ3n) is 4.51. The molecular weight excluding hydrogens is 322 g/mol. The summed E-state index contributed by atoms with van der Waals surface area (Å²) in [7, 11) is 1.49. The molecule has 6 nitrogen and oxygen atoms in total. The number of hydrogen-bond donors (Lipinski definition) is 2. The van der Waals surface area contributed by atoms with Crippen molar-refractivity contribution in [1.29, 1.82) is 0 Å². The van der Waals surface area contributed by atoms with Crippen molar-refractivity contribution in [1.82, 2.24) is 0 Å². The number of aliphatic carboxylic acids is 1. The number of carbonyl (C=O) groups is 2. The highest BCUT2D eigenvalue weighted by atomic mass is 16.6. The number of carbonyl (C=O) groups excluding carboxylic acids is 1. The molecule has 0 unspecified atom stereocenters. The molecule has 1 aromatic rings. The third-order valence-corrected chi connectivity index (χ3v) is 4.51. The lowest BCUT2D eigenvalue weighted by molar-refractivity contribution is -0.145.